The molecular weight excluding hydrogens is 124 g/mol. The minimum atomic E-state index is -0.588. The summed E-state index contributed by atoms with van der Waals surface area (Å²) >= 11 is 0. The first-order valence-electron chi connectivity index (χ1n) is 2.27. The molecule has 52 valence electrons. The maximum Gasteiger partial charge on any atom is 0.293 e. The van der Waals surface area contributed by atoms with E-state index in [1.807, 2.05) is 0 Å². The quantitative estimate of drug-likeness (QED) is 0.331. The first kappa shape index (κ1) is 7.74. The summed E-state index contributed by atoms with van der Waals surface area (Å²) in [7, 11) is 2.89. The fourth-order valence-electron chi connectivity index (χ4n) is 0.315. The van der Waals surface area contributed by atoms with Crippen LogP contribution in [0.2, 0.25) is 0 Å². The Balaban J connectivity index is 3.91. The van der Waals surface area contributed by atoms with Gasteiger partial charge in [-0.2, -0.15) is 0 Å². The molecule has 0 heterocycles. The molecule has 0 radical (unpaired) electrons. The highest BCUT2D eigenvalue weighted by molar-refractivity contribution is 4.80. The number of hydrogen-bond acceptors (Lipinski definition) is 4. The molecule has 0 aromatic rings. The molecule has 0 amide bonds. The van der Waals surface area contributed by atoms with Crippen molar-refractivity contribution in [2.75, 3.05) is 14.2 Å². The van der Waals surface area contributed by atoms with Gasteiger partial charge in [-0.05, 0) is 0 Å². The topological polar surface area (TPSA) is 64.4 Å². The molecule has 0 aromatic carbocycles. The second kappa shape index (κ2) is 3.71. The van der Waals surface area contributed by atoms with Gasteiger partial charge in [0.25, 0.3) is 12.1 Å². The Labute approximate surface area is 52.5 Å². The van der Waals surface area contributed by atoms with Gasteiger partial charge in [0.1, 0.15) is 0 Å². The van der Waals surface area contributed by atoms with E-state index < -0.39 is 4.92 Å². The summed E-state index contributed by atoms with van der Waals surface area (Å²) in [6, 6.07) is 0. The molecule has 5 nitrogen and oxygen atoms in total. The molecule has 1 N–H and O–H groups in total. The number of methoxy groups -OCH3 is 1. The minimum absolute atomic E-state index is 0.139. The summed E-state index contributed by atoms with van der Waals surface area (Å²) in [5, 5.41) is 12.2. The van der Waals surface area contributed by atoms with E-state index in [9.17, 15) is 10.1 Å². The lowest BCUT2D eigenvalue weighted by molar-refractivity contribution is -0.405. The van der Waals surface area contributed by atoms with Gasteiger partial charge in [0.15, 0.2) is 0 Å². The van der Waals surface area contributed by atoms with E-state index in [-0.39, 0.29) is 5.88 Å². The second-order valence-electron chi connectivity index (χ2n) is 1.23. The SMILES string of the molecule is CN/C(=C/[N+](=O)[O-])OC. The third kappa shape index (κ3) is 3.33. The highest BCUT2D eigenvalue weighted by Crippen LogP contribution is 1.86. The molecule has 0 fully saturated rings. The third-order valence-electron chi connectivity index (χ3n) is 0.689. The van der Waals surface area contributed by atoms with Crippen LogP contribution in [0.25, 0.3) is 0 Å². The van der Waals surface area contributed by atoms with Gasteiger partial charge in [-0.15, -0.1) is 0 Å². The van der Waals surface area contributed by atoms with Crippen LogP contribution in [0, 0.1) is 10.1 Å². The van der Waals surface area contributed by atoms with Crippen molar-refractivity contribution in [1.82, 2.24) is 5.32 Å². The van der Waals surface area contributed by atoms with Crippen molar-refractivity contribution < 1.29 is 9.66 Å². The van der Waals surface area contributed by atoms with Crippen LogP contribution in [-0.4, -0.2) is 19.1 Å². The molecule has 5 heteroatoms. The first-order chi connectivity index (χ1) is 4.20. The standard InChI is InChI=1S/C4H8N2O3/c1-5-4(9-2)3-6(7)8/h3,5H,1-2H3/b4-3-. The zero-order valence-corrected chi connectivity index (χ0v) is 5.25. The van der Waals surface area contributed by atoms with E-state index in [4.69, 9.17) is 0 Å². The maximum atomic E-state index is 9.74. The zero-order chi connectivity index (χ0) is 7.28. The van der Waals surface area contributed by atoms with E-state index in [0.29, 0.717) is 0 Å². The third-order valence-corrected chi connectivity index (χ3v) is 0.689. The average molecular weight is 132 g/mol. The van der Waals surface area contributed by atoms with Crippen LogP contribution in [0.1, 0.15) is 0 Å². The van der Waals surface area contributed by atoms with E-state index in [1.54, 1.807) is 7.05 Å². The molecule has 0 aliphatic rings. The van der Waals surface area contributed by atoms with Gasteiger partial charge in [0.05, 0.1) is 12.0 Å². The van der Waals surface area contributed by atoms with Crippen LogP contribution in [0.15, 0.2) is 12.1 Å². The van der Waals surface area contributed by atoms with Crippen LogP contribution in [-0.2, 0) is 4.74 Å². The van der Waals surface area contributed by atoms with Crippen molar-refractivity contribution in [3.63, 3.8) is 0 Å². The van der Waals surface area contributed by atoms with Crippen molar-refractivity contribution >= 4 is 0 Å². The van der Waals surface area contributed by atoms with E-state index in [0.717, 1.165) is 6.20 Å². The monoisotopic (exact) mass is 132 g/mol. The van der Waals surface area contributed by atoms with Crippen LogP contribution >= 0.6 is 0 Å². The molecular formula is C4H8N2O3. The number of nitrogens with zero attached hydrogens (tertiary/aromatic N) is 1. The summed E-state index contributed by atoms with van der Waals surface area (Å²) < 4.78 is 4.52. The number of nitro groups is 1. The highest BCUT2D eigenvalue weighted by Gasteiger charge is 1.95. The fraction of sp³-hybridized carbons (Fsp3) is 0.500. The Hall–Kier alpha value is -1.26. The summed E-state index contributed by atoms with van der Waals surface area (Å²) in [6.07, 6.45) is 0.750. The van der Waals surface area contributed by atoms with Gasteiger partial charge < -0.3 is 10.1 Å². The van der Waals surface area contributed by atoms with Crippen LogP contribution in [0.3, 0.4) is 0 Å². The van der Waals surface area contributed by atoms with Crippen LogP contribution in [0.4, 0.5) is 0 Å². The van der Waals surface area contributed by atoms with Crippen molar-refractivity contribution in [3.8, 4) is 0 Å². The molecule has 0 spiro atoms. The van der Waals surface area contributed by atoms with Gasteiger partial charge in [-0.3, -0.25) is 10.1 Å². The van der Waals surface area contributed by atoms with Gasteiger partial charge >= 0.3 is 0 Å². The van der Waals surface area contributed by atoms with Gasteiger partial charge in [-0.25, -0.2) is 0 Å². The Morgan fingerprint density at radius 2 is 2.44 bits per heavy atom. The zero-order valence-electron chi connectivity index (χ0n) is 5.25. The molecule has 0 saturated carbocycles. The largest absolute Gasteiger partial charge is 0.478 e. The highest BCUT2D eigenvalue weighted by atomic mass is 16.6. The minimum Gasteiger partial charge on any atom is -0.478 e. The molecule has 0 aliphatic carbocycles. The van der Waals surface area contributed by atoms with E-state index >= 15 is 0 Å². The lowest BCUT2D eigenvalue weighted by Crippen LogP contribution is -2.09. The number of hydrogen-bond donors (Lipinski definition) is 1. The molecule has 0 atom stereocenters. The summed E-state index contributed by atoms with van der Waals surface area (Å²) in [5.74, 6) is 0.139. The molecule has 0 saturated heterocycles. The van der Waals surface area contributed by atoms with Crippen molar-refractivity contribution in [3.05, 3.63) is 22.2 Å². The lowest BCUT2D eigenvalue weighted by atomic mass is 10.8. The molecule has 0 aliphatic heterocycles. The molecule has 0 rings (SSSR count). The number of ether oxygens (including phenoxy) is 1. The number of nitrogens with one attached hydrogen (secondary N) is 1. The van der Waals surface area contributed by atoms with Crippen LogP contribution < -0.4 is 5.32 Å². The summed E-state index contributed by atoms with van der Waals surface area (Å²) in [6.45, 7) is 0. The van der Waals surface area contributed by atoms with E-state index in [2.05, 4.69) is 10.1 Å². The van der Waals surface area contributed by atoms with Crippen LogP contribution in [0.5, 0.6) is 0 Å². The smallest absolute Gasteiger partial charge is 0.293 e. The lowest BCUT2D eigenvalue weighted by Gasteiger charge is -1.98. The molecule has 0 bridgehead atoms. The Morgan fingerprint density at radius 3 is 2.56 bits per heavy atom. The van der Waals surface area contributed by atoms with Gasteiger partial charge in [0.2, 0.25) is 0 Å². The van der Waals surface area contributed by atoms with Gasteiger partial charge in [0, 0.05) is 7.05 Å². The predicted molar refractivity (Wildman–Crippen MR) is 31.1 cm³/mol. The second-order valence-corrected chi connectivity index (χ2v) is 1.23. The molecule has 9 heavy (non-hydrogen) atoms. The van der Waals surface area contributed by atoms with Crippen molar-refractivity contribution in [2.45, 2.75) is 0 Å². The Bertz CT molecular complexity index is 126. The summed E-state index contributed by atoms with van der Waals surface area (Å²) in [5.41, 5.74) is 0. The summed E-state index contributed by atoms with van der Waals surface area (Å²) in [4.78, 5) is 9.15. The normalized spacial score (nSPS) is 10.7. The fourth-order valence-corrected chi connectivity index (χ4v) is 0.315. The van der Waals surface area contributed by atoms with Crippen molar-refractivity contribution in [2.24, 2.45) is 0 Å². The van der Waals surface area contributed by atoms with Gasteiger partial charge in [-0.1, -0.05) is 0 Å². The Kier molecular flexibility index (Phi) is 3.19. The maximum absolute atomic E-state index is 9.74. The predicted octanol–water partition coefficient (Wildman–Crippen LogP) is -0.0722. The molecule has 0 aromatic heterocycles. The molecule has 0 unspecified atom stereocenters. The van der Waals surface area contributed by atoms with Crippen molar-refractivity contribution in [1.29, 1.82) is 0 Å². The first-order valence-corrected chi connectivity index (χ1v) is 2.27. The van der Waals surface area contributed by atoms with E-state index in [1.165, 1.54) is 7.11 Å². The number of rotatable bonds is 3. The Morgan fingerprint density at radius 1 is 1.89 bits per heavy atom. The average Bonchev–Trinajstić information content (AvgIpc) is 1.82.